The molecule has 0 atom stereocenters. The highest BCUT2D eigenvalue weighted by Gasteiger charge is 2.19. The second-order valence-electron chi connectivity index (χ2n) is 6.01. The first-order valence-corrected chi connectivity index (χ1v) is 8.76. The molecule has 0 aromatic heterocycles. The molecule has 3 heteroatoms. The third-order valence-electron chi connectivity index (χ3n) is 4.07. The largest absolute Gasteiger partial charge is 0.279 e. The lowest BCUT2D eigenvalue weighted by Crippen LogP contribution is -2.35. The van der Waals surface area contributed by atoms with Gasteiger partial charge in [-0.25, -0.2) is 0 Å². The van der Waals surface area contributed by atoms with E-state index in [0.29, 0.717) is 13.0 Å². The van der Waals surface area contributed by atoms with Crippen LogP contribution in [0.4, 0.5) is 0 Å². The molecule has 120 valence electrons. The van der Waals surface area contributed by atoms with E-state index in [9.17, 15) is 9.59 Å². The Bertz CT molecular complexity index is 336. The highest BCUT2D eigenvalue weighted by atomic mass is 16.2. The Morgan fingerprint density at radius 1 is 1.05 bits per heavy atom. The van der Waals surface area contributed by atoms with Gasteiger partial charge in [-0.1, -0.05) is 64.4 Å². The van der Waals surface area contributed by atoms with Crippen molar-refractivity contribution in [2.45, 2.75) is 84.0 Å². The third-order valence-corrected chi connectivity index (χ3v) is 4.07. The van der Waals surface area contributed by atoms with Gasteiger partial charge in [-0.15, -0.1) is 0 Å². The van der Waals surface area contributed by atoms with Gasteiger partial charge in [-0.3, -0.25) is 14.5 Å². The minimum Gasteiger partial charge on any atom is -0.279 e. The van der Waals surface area contributed by atoms with Gasteiger partial charge in [-0.05, 0) is 25.3 Å². The molecular weight excluding hydrogens is 262 g/mol. The molecule has 0 radical (unpaired) electrons. The fraction of sp³-hybridized carbons (Fsp3) is 0.778. The maximum atomic E-state index is 12.0. The van der Waals surface area contributed by atoms with Crippen molar-refractivity contribution in [3.8, 4) is 0 Å². The fourth-order valence-electron chi connectivity index (χ4n) is 2.72. The number of hydrogen-bond donors (Lipinski definition) is 0. The molecule has 0 spiro atoms. The van der Waals surface area contributed by atoms with Crippen molar-refractivity contribution in [2.24, 2.45) is 0 Å². The number of nitrogens with zero attached hydrogens (tertiary/aromatic N) is 1. The number of carbonyl (C=O) groups excluding carboxylic acids is 2. The van der Waals surface area contributed by atoms with Crippen LogP contribution in [0.3, 0.4) is 0 Å². The standard InChI is InChI=1S/C18H31NO2/c1-2-3-4-5-6-7-8-9-11-14-17(20)19-16-13-10-12-15-18(19)21/h12,15H,2-11,13-14,16H2,1H3. The fourth-order valence-corrected chi connectivity index (χ4v) is 2.72. The van der Waals surface area contributed by atoms with Crippen LogP contribution in [0.1, 0.15) is 84.0 Å². The zero-order valence-corrected chi connectivity index (χ0v) is 13.6. The van der Waals surface area contributed by atoms with E-state index in [-0.39, 0.29) is 11.8 Å². The SMILES string of the molecule is CCCCCCCCCCCC(=O)N1CCCC=CC1=O. The molecule has 0 saturated carbocycles. The average Bonchev–Trinajstić information content (AvgIpc) is 2.70. The van der Waals surface area contributed by atoms with Gasteiger partial charge in [0, 0.05) is 13.0 Å². The first-order chi connectivity index (χ1) is 10.3. The summed E-state index contributed by atoms with van der Waals surface area (Å²) in [6.45, 7) is 2.82. The van der Waals surface area contributed by atoms with Crippen LogP contribution in [0.25, 0.3) is 0 Å². The van der Waals surface area contributed by atoms with E-state index in [1.807, 2.05) is 6.08 Å². The van der Waals surface area contributed by atoms with Crippen LogP contribution in [0, 0.1) is 0 Å². The number of rotatable bonds is 10. The van der Waals surface area contributed by atoms with E-state index in [1.165, 1.54) is 49.8 Å². The molecular formula is C18H31NO2. The van der Waals surface area contributed by atoms with Crippen LogP contribution >= 0.6 is 0 Å². The number of unbranched alkanes of at least 4 members (excludes halogenated alkanes) is 8. The van der Waals surface area contributed by atoms with Gasteiger partial charge in [0.2, 0.25) is 5.91 Å². The average molecular weight is 293 g/mol. The van der Waals surface area contributed by atoms with Crippen LogP contribution in [-0.2, 0) is 9.59 Å². The van der Waals surface area contributed by atoms with Gasteiger partial charge >= 0.3 is 0 Å². The van der Waals surface area contributed by atoms with Crippen LogP contribution in [0.2, 0.25) is 0 Å². The minimum absolute atomic E-state index is 0.00879. The summed E-state index contributed by atoms with van der Waals surface area (Å²) in [7, 11) is 0. The van der Waals surface area contributed by atoms with Crippen LogP contribution in [0.15, 0.2) is 12.2 Å². The Morgan fingerprint density at radius 2 is 1.67 bits per heavy atom. The lowest BCUT2D eigenvalue weighted by molar-refractivity contribution is -0.141. The van der Waals surface area contributed by atoms with E-state index in [4.69, 9.17) is 0 Å². The number of imide groups is 1. The van der Waals surface area contributed by atoms with E-state index in [2.05, 4.69) is 6.92 Å². The van der Waals surface area contributed by atoms with Crippen molar-refractivity contribution in [3.63, 3.8) is 0 Å². The number of amides is 2. The highest BCUT2D eigenvalue weighted by Crippen LogP contribution is 2.12. The predicted molar refractivity (Wildman–Crippen MR) is 86.9 cm³/mol. The second-order valence-corrected chi connectivity index (χ2v) is 6.01. The maximum Gasteiger partial charge on any atom is 0.252 e. The van der Waals surface area contributed by atoms with Crippen molar-refractivity contribution in [2.75, 3.05) is 6.54 Å². The molecule has 1 heterocycles. The molecule has 0 saturated heterocycles. The molecule has 1 aliphatic rings. The summed E-state index contributed by atoms with van der Waals surface area (Å²) in [4.78, 5) is 25.2. The summed E-state index contributed by atoms with van der Waals surface area (Å²) >= 11 is 0. The number of allylic oxidation sites excluding steroid dienone is 1. The van der Waals surface area contributed by atoms with Gasteiger partial charge < -0.3 is 0 Å². The topological polar surface area (TPSA) is 37.4 Å². The maximum absolute atomic E-state index is 12.0. The normalized spacial score (nSPS) is 15.3. The first-order valence-electron chi connectivity index (χ1n) is 8.76. The number of hydrogen-bond acceptors (Lipinski definition) is 2. The summed E-state index contributed by atoms with van der Waals surface area (Å²) in [5.41, 5.74) is 0. The van der Waals surface area contributed by atoms with Crippen molar-refractivity contribution < 1.29 is 9.59 Å². The zero-order chi connectivity index (χ0) is 15.3. The molecule has 0 aromatic rings. The molecule has 2 amide bonds. The van der Waals surface area contributed by atoms with E-state index >= 15 is 0 Å². The molecule has 0 unspecified atom stereocenters. The summed E-state index contributed by atoms with van der Waals surface area (Å²) in [6, 6.07) is 0. The smallest absolute Gasteiger partial charge is 0.252 e. The Balaban J connectivity index is 2.03. The Hall–Kier alpha value is -1.12. The Morgan fingerprint density at radius 3 is 2.33 bits per heavy atom. The summed E-state index contributed by atoms with van der Waals surface area (Å²) < 4.78 is 0. The predicted octanol–water partition coefficient (Wildman–Crippen LogP) is 4.61. The van der Waals surface area contributed by atoms with Gasteiger partial charge in [0.1, 0.15) is 0 Å². The van der Waals surface area contributed by atoms with Crippen molar-refractivity contribution in [1.82, 2.24) is 4.90 Å². The molecule has 0 N–H and O–H groups in total. The van der Waals surface area contributed by atoms with Crippen molar-refractivity contribution >= 4 is 11.8 Å². The van der Waals surface area contributed by atoms with Gasteiger partial charge in [0.15, 0.2) is 0 Å². The van der Waals surface area contributed by atoms with E-state index in [0.717, 1.165) is 25.7 Å². The molecule has 0 aromatic carbocycles. The van der Waals surface area contributed by atoms with Gasteiger partial charge in [-0.2, -0.15) is 0 Å². The summed E-state index contributed by atoms with van der Waals surface area (Å²) in [5.74, 6) is -0.122. The third kappa shape index (κ3) is 8.03. The molecule has 1 aliphatic heterocycles. The van der Waals surface area contributed by atoms with Crippen LogP contribution in [0.5, 0.6) is 0 Å². The Kier molecular flexibility index (Phi) is 9.84. The van der Waals surface area contributed by atoms with E-state index < -0.39 is 0 Å². The van der Waals surface area contributed by atoms with Crippen molar-refractivity contribution in [1.29, 1.82) is 0 Å². The lowest BCUT2D eigenvalue weighted by atomic mass is 10.1. The van der Waals surface area contributed by atoms with Gasteiger partial charge in [0.25, 0.3) is 5.91 Å². The summed E-state index contributed by atoms with van der Waals surface area (Å²) in [6.07, 6.45) is 16.9. The Labute approximate surface area is 129 Å². The van der Waals surface area contributed by atoms with Crippen LogP contribution in [-0.4, -0.2) is 23.3 Å². The second kappa shape index (κ2) is 11.5. The molecule has 0 fully saturated rings. The highest BCUT2D eigenvalue weighted by molar-refractivity contribution is 6.01. The minimum atomic E-state index is -0.131. The quantitative estimate of drug-likeness (QED) is 0.551. The molecule has 21 heavy (non-hydrogen) atoms. The monoisotopic (exact) mass is 293 g/mol. The first kappa shape index (κ1) is 17.9. The molecule has 3 nitrogen and oxygen atoms in total. The molecule has 0 bridgehead atoms. The zero-order valence-electron chi connectivity index (χ0n) is 13.6. The van der Waals surface area contributed by atoms with Gasteiger partial charge in [0.05, 0.1) is 0 Å². The van der Waals surface area contributed by atoms with E-state index in [1.54, 1.807) is 6.08 Å². The van der Waals surface area contributed by atoms with Crippen LogP contribution < -0.4 is 0 Å². The molecule has 0 aliphatic carbocycles. The summed E-state index contributed by atoms with van der Waals surface area (Å²) in [5, 5.41) is 0. The molecule has 1 rings (SSSR count). The van der Waals surface area contributed by atoms with Crippen molar-refractivity contribution in [3.05, 3.63) is 12.2 Å². The lowest BCUT2D eigenvalue weighted by Gasteiger charge is -2.17. The number of carbonyl (C=O) groups is 2.